The minimum atomic E-state index is 0.311. The monoisotopic (exact) mass is 246 g/mol. The zero-order valence-electron chi connectivity index (χ0n) is 9.85. The van der Waals surface area contributed by atoms with Crippen LogP contribution in [0.4, 0.5) is 11.8 Å². The molecular formula is C10H14N8. The van der Waals surface area contributed by atoms with Crippen LogP contribution in [-0.4, -0.2) is 30.6 Å². The highest BCUT2D eigenvalue weighted by Crippen LogP contribution is 2.26. The third-order valence-corrected chi connectivity index (χ3v) is 3.00. The Bertz CT molecular complexity index is 535. The van der Waals surface area contributed by atoms with Gasteiger partial charge in [-0.05, 0) is 25.7 Å². The quantitative estimate of drug-likeness (QED) is 0.700. The molecule has 0 spiro atoms. The van der Waals surface area contributed by atoms with Crippen molar-refractivity contribution in [1.29, 1.82) is 0 Å². The highest BCUT2D eigenvalue weighted by Gasteiger charge is 2.17. The molecule has 0 saturated carbocycles. The van der Waals surface area contributed by atoms with Crippen LogP contribution in [-0.2, 0) is 19.4 Å². The first-order valence-electron chi connectivity index (χ1n) is 5.94. The molecule has 8 heteroatoms. The van der Waals surface area contributed by atoms with E-state index in [0.29, 0.717) is 18.3 Å². The van der Waals surface area contributed by atoms with Gasteiger partial charge < -0.3 is 11.1 Å². The topological polar surface area (TPSA) is 118 Å². The van der Waals surface area contributed by atoms with E-state index in [2.05, 4.69) is 35.9 Å². The van der Waals surface area contributed by atoms with E-state index in [1.54, 1.807) is 0 Å². The van der Waals surface area contributed by atoms with Gasteiger partial charge in [0.15, 0.2) is 5.82 Å². The molecule has 0 saturated heterocycles. The molecule has 18 heavy (non-hydrogen) atoms. The van der Waals surface area contributed by atoms with Crippen LogP contribution >= 0.6 is 0 Å². The van der Waals surface area contributed by atoms with Gasteiger partial charge in [-0.2, -0.15) is 10.2 Å². The number of aryl methyl sites for hydroxylation is 1. The third-order valence-electron chi connectivity index (χ3n) is 3.00. The molecule has 0 aliphatic heterocycles. The summed E-state index contributed by atoms with van der Waals surface area (Å²) in [5.41, 5.74) is 7.94. The Kier molecular flexibility index (Phi) is 2.75. The lowest BCUT2D eigenvalue weighted by atomic mass is 9.96. The van der Waals surface area contributed by atoms with E-state index >= 15 is 0 Å². The average molecular weight is 246 g/mol. The Balaban J connectivity index is 1.84. The number of nitrogen functional groups attached to an aromatic ring is 1. The summed E-state index contributed by atoms with van der Waals surface area (Å²) in [5, 5.41) is 16.9. The molecule has 0 aromatic carbocycles. The Morgan fingerprint density at radius 3 is 2.94 bits per heavy atom. The number of hydrogen-bond donors (Lipinski definition) is 3. The van der Waals surface area contributed by atoms with E-state index in [1.807, 2.05) is 0 Å². The lowest BCUT2D eigenvalue weighted by Gasteiger charge is -2.18. The van der Waals surface area contributed by atoms with Gasteiger partial charge in [-0.3, -0.25) is 0 Å². The van der Waals surface area contributed by atoms with E-state index in [1.165, 1.54) is 5.56 Å². The molecular weight excluding hydrogens is 232 g/mol. The molecule has 0 amide bonds. The number of aromatic amines is 1. The lowest BCUT2D eigenvalue weighted by molar-refractivity contribution is 0.664. The van der Waals surface area contributed by atoms with Gasteiger partial charge in [0.05, 0.1) is 12.2 Å². The van der Waals surface area contributed by atoms with E-state index < -0.39 is 0 Å². The highest BCUT2D eigenvalue weighted by atomic mass is 15.5. The molecule has 1 aliphatic carbocycles. The summed E-state index contributed by atoms with van der Waals surface area (Å²) in [5.74, 6) is 1.70. The molecule has 0 atom stereocenters. The van der Waals surface area contributed by atoms with Gasteiger partial charge in [0, 0.05) is 5.56 Å². The number of H-pyrrole nitrogens is 1. The Hall–Kier alpha value is -2.25. The second kappa shape index (κ2) is 4.55. The van der Waals surface area contributed by atoms with Gasteiger partial charge in [0.2, 0.25) is 5.95 Å². The second-order valence-corrected chi connectivity index (χ2v) is 4.24. The number of hydrogen-bond acceptors (Lipinski definition) is 7. The van der Waals surface area contributed by atoms with Gasteiger partial charge >= 0.3 is 0 Å². The van der Waals surface area contributed by atoms with Crippen molar-refractivity contribution in [1.82, 2.24) is 30.6 Å². The minimum absolute atomic E-state index is 0.311. The molecule has 2 heterocycles. The van der Waals surface area contributed by atoms with Crippen molar-refractivity contribution < 1.29 is 0 Å². The summed E-state index contributed by atoms with van der Waals surface area (Å²) < 4.78 is 0. The molecule has 8 nitrogen and oxygen atoms in total. The van der Waals surface area contributed by atoms with Crippen molar-refractivity contribution in [3.8, 4) is 0 Å². The predicted molar refractivity (Wildman–Crippen MR) is 64.6 cm³/mol. The fraction of sp³-hybridized carbons (Fsp3) is 0.500. The normalized spacial score (nSPS) is 14.2. The second-order valence-electron chi connectivity index (χ2n) is 4.24. The van der Waals surface area contributed by atoms with E-state index in [4.69, 9.17) is 5.73 Å². The summed E-state index contributed by atoms with van der Waals surface area (Å²) in [7, 11) is 0. The van der Waals surface area contributed by atoms with Crippen LogP contribution in [0.15, 0.2) is 0 Å². The van der Waals surface area contributed by atoms with Crippen LogP contribution in [0, 0.1) is 0 Å². The molecule has 3 rings (SSSR count). The zero-order valence-corrected chi connectivity index (χ0v) is 9.85. The van der Waals surface area contributed by atoms with Crippen molar-refractivity contribution in [2.75, 3.05) is 11.1 Å². The van der Waals surface area contributed by atoms with Crippen LogP contribution in [0.3, 0.4) is 0 Å². The molecule has 0 radical (unpaired) electrons. The first kappa shape index (κ1) is 10.9. The first-order valence-corrected chi connectivity index (χ1v) is 5.94. The molecule has 0 unspecified atom stereocenters. The maximum Gasteiger partial charge on any atom is 0.222 e. The smallest absolute Gasteiger partial charge is 0.222 e. The first-order chi connectivity index (χ1) is 8.83. The van der Waals surface area contributed by atoms with Crippen molar-refractivity contribution in [3.63, 3.8) is 0 Å². The largest absolute Gasteiger partial charge is 0.368 e. The van der Waals surface area contributed by atoms with Gasteiger partial charge in [0.1, 0.15) is 5.82 Å². The maximum absolute atomic E-state index is 5.72. The van der Waals surface area contributed by atoms with E-state index in [0.717, 1.165) is 37.2 Å². The van der Waals surface area contributed by atoms with Gasteiger partial charge in [-0.15, -0.1) is 10.2 Å². The molecule has 4 N–H and O–H groups in total. The van der Waals surface area contributed by atoms with Crippen molar-refractivity contribution in [3.05, 3.63) is 17.1 Å². The zero-order chi connectivity index (χ0) is 12.4. The molecule has 0 fully saturated rings. The fourth-order valence-electron chi connectivity index (χ4n) is 2.18. The Morgan fingerprint density at radius 2 is 2.11 bits per heavy atom. The van der Waals surface area contributed by atoms with Crippen LogP contribution in [0.5, 0.6) is 0 Å². The highest BCUT2D eigenvalue weighted by molar-refractivity contribution is 5.50. The number of anilines is 2. The van der Waals surface area contributed by atoms with Crippen LogP contribution in [0.2, 0.25) is 0 Å². The standard InChI is InChI=1S/C10H14N8/c11-10-13-7-4-2-1-3-6(7)9(14-10)12-5-8-15-17-18-16-8/h1-5H2,(H3,11,12,13,14)(H,15,16,17,18). The summed E-state index contributed by atoms with van der Waals surface area (Å²) in [6, 6.07) is 0. The molecule has 2 aromatic heterocycles. The molecule has 0 bridgehead atoms. The number of rotatable bonds is 3. The van der Waals surface area contributed by atoms with Crippen molar-refractivity contribution in [2.24, 2.45) is 0 Å². The Labute approximate surface area is 103 Å². The molecule has 94 valence electrons. The van der Waals surface area contributed by atoms with Gasteiger partial charge in [0.25, 0.3) is 0 Å². The minimum Gasteiger partial charge on any atom is -0.368 e. The van der Waals surface area contributed by atoms with E-state index in [9.17, 15) is 0 Å². The summed E-state index contributed by atoms with van der Waals surface area (Å²) in [6.45, 7) is 0.472. The fourth-order valence-corrected chi connectivity index (χ4v) is 2.18. The predicted octanol–water partition coefficient (Wildman–Crippen LogP) is 0.0628. The SMILES string of the molecule is Nc1nc2c(c(NCc3nn[nH]n3)n1)CCCC2. The van der Waals surface area contributed by atoms with Crippen molar-refractivity contribution in [2.45, 2.75) is 32.2 Å². The van der Waals surface area contributed by atoms with Crippen LogP contribution < -0.4 is 11.1 Å². The third kappa shape index (κ3) is 2.08. The van der Waals surface area contributed by atoms with E-state index in [-0.39, 0.29) is 0 Å². The molecule has 2 aromatic rings. The Morgan fingerprint density at radius 1 is 1.22 bits per heavy atom. The van der Waals surface area contributed by atoms with Crippen molar-refractivity contribution >= 4 is 11.8 Å². The summed E-state index contributed by atoms with van der Waals surface area (Å²) in [4.78, 5) is 8.55. The van der Waals surface area contributed by atoms with Crippen LogP contribution in [0.25, 0.3) is 0 Å². The number of fused-ring (bicyclic) bond motifs is 1. The molecule has 1 aliphatic rings. The number of tetrazole rings is 1. The maximum atomic E-state index is 5.72. The summed E-state index contributed by atoms with van der Waals surface area (Å²) in [6.07, 6.45) is 4.29. The van der Waals surface area contributed by atoms with Crippen LogP contribution in [0.1, 0.15) is 29.9 Å². The average Bonchev–Trinajstić information content (AvgIpc) is 2.89. The van der Waals surface area contributed by atoms with Gasteiger partial charge in [-0.25, -0.2) is 4.98 Å². The van der Waals surface area contributed by atoms with Gasteiger partial charge in [-0.1, -0.05) is 5.21 Å². The number of aromatic nitrogens is 6. The number of nitrogens with zero attached hydrogens (tertiary/aromatic N) is 5. The number of nitrogens with one attached hydrogen (secondary N) is 2. The lowest BCUT2D eigenvalue weighted by Crippen LogP contribution is -2.14. The number of nitrogens with two attached hydrogens (primary N) is 1. The summed E-state index contributed by atoms with van der Waals surface area (Å²) >= 11 is 0.